The number of carbonyl (C=O) groups is 2. The zero-order valence-corrected chi connectivity index (χ0v) is 36.9. The van der Waals surface area contributed by atoms with Crippen LogP contribution in [0.4, 0.5) is 0 Å². The van der Waals surface area contributed by atoms with Crippen molar-refractivity contribution in [2.45, 2.75) is 187 Å². The number of hydrogen-bond acceptors (Lipinski definition) is 8. The van der Waals surface area contributed by atoms with Crippen LogP contribution in [0, 0.1) is 0 Å². The van der Waals surface area contributed by atoms with E-state index in [0.29, 0.717) is 6.42 Å². The number of esters is 2. The summed E-state index contributed by atoms with van der Waals surface area (Å²) in [5, 5.41) is 0. The number of allylic oxidation sites excluding steroid dienone is 12. The normalized spacial score (nSPS) is 14.0. The minimum absolute atomic E-state index is 0.0396. The minimum atomic E-state index is -4.40. The Labute approximate surface area is 348 Å². The Bertz CT molecular complexity index is 1160. The maximum Gasteiger partial charge on any atom is 0.472 e. The van der Waals surface area contributed by atoms with Gasteiger partial charge < -0.3 is 20.1 Å². The number of unbranched alkanes of at least 4 members (excludes halogenated alkanes) is 16. The van der Waals surface area contributed by atoms with Gasteiger partial charge in [0.05, 0.1) is 13.2 Å². The van der Waals surface area contributed by atoms with Gasteiger partial charge in [-0.2, -0.15) is 0 Å². The average molecular weight is 820 g/mol. The lowest BCUT2D eigenvalue weighted by molar-refractivity contribution is -0.161. The Hall–Kier alpha value is -2.55. The molecule has 3 N–H and O–H groups in total. The molecule has 0 aliphatic heterocycles. The van der Waals surface area contributed by atoms with Crippen LogP contribution < -0.4 is 5.73 Å². The van der Waals surface area contributed by atoms with Crippen molar-refractivity contribution in [2.24, 2.45) is 5.73 Å². The summed E-state index contributed by atoms with van der Waals surface area (Å²) in [6.45, 7) is 3.54. The third kappa shape index (κ3) is 42.9. The molecule has 2 atom stereocenters. The van der Waals surface area contributed by atoms with Crippen LogP contribution in [0.15, 0.2) is 72.9 Å². The fourth-order valence-corrected chi connectivity index (χ4v) is 6.60. The van der Waals surface area contributed by atoms with E-state index in [2.05, 4.69) is 74.6 Å². The van der Waals surface area contributed by atoms with E-state index >= 15 is 0 Å². The van der Waals surface area contributed by atoms with Crippen LogP contribution in [-0.2, 0) is 32.7 Å². The van der Waals surface area contributed by atoms with Crippen LogP contribution >= 0.6 is 7.82 Å². The summed E-state index contributed by atoms with van der Waals surface area (Å²) in [6.07, 6.45) is 52.3. The van der Waals surface area contributed by atoms with Gasteiger partial charge in [0, 0.05) is 19.4 Å². The molecule has 2 unspecified atom stereocenters. The second-order valence-electron chi connectivity index (χ2n) is 14.5. The summed E-state index contributed by atoms with van der Waals surface area (Å²) in [5.41, 5.74) is 5.34. The summed E-state index contributed by atoms with van der Waals surface area (Å²) >= 11 is 0. The third-order valence-electron chi connectivity index (χ3n) is 9.12. The predicted octanol–water partition coefficient (Wildman–Crippen LogP) is 13.1. The summed E-state index contributed by atoms with van der Waals surface area (Å²) in [4.78, 5) is 34.9. The SMILES string of the molecule is CCC=CCC=CCC=CCC=CCC=CCC=CCCC(=O)OC(COC(=O)CCCCCCCCCCCCCCCCCCC)COP(=O)(O)OCCN. The highest BCUT2D eigenvalue weighted by molar-refractivity contribution is 7.47. The monoisotopic (exact) mass is 820 g/mol. The van der Waals surface area contributed by atoms with Crippen molar-refractivity contribution in [3.8, 4) is 0 Å². The van der Waals surface area contributed by atoms with Gasteiger partial charge in [-0.05, 0) is 51.4 Å². The van der Waals surface area contributed by atoms with Crippen LogP contribution in [0.25, 0.3) is 0 Å². The van der Waals surface area contributed by atoms with Crippen molar-refractivity contribution in [1.82, 2.24) is 0 Å². The number of hydrogen-bond donors (Lipinski definition) is 2. The van der Waals surface area contributed by atoms with E-state index in [1.165, 1.54) is 89.9 Å². The molecule has 0 aromatic carbocycles. The maximum atomic E-state index is 12.6. The molecule has 9 nitrogen and oxygen atoms in total. The first-order valence-corrected chi connectivity index (χ1v) is 23.9. The molecule has 328 valence electrons. The summed E-state index contributed by atoms with van der Waals surface area (Å²) in [5.74, 6) is -0.926. The molecule has 0 aromatic rings. The Morgan fingerprint density at radius 2 is 0.965 bits per heavy atom. The first kappa shape index (κ1) is 54.5. The topological polar surface area (TPSA) is 134 Å². The number of carbonyl (C=O) groups excluding carboxylic acids is 2. The molecular weight excluding hydrogens is 737 g/mol. The number of phosphoric acid groups is 1. The summed E-state index contributed by atoms with van der Waals surface area (Å²) < 4.78 is 32.7. The second-order valence-corrected chi connectivity index (χ2v) is 16.0. The van der Waals surface area contributed by atoms with Crippen molar-refractivity contribution >= 4 is 19.8 Å². The fourth-order valence-electron chi connectivity index (χ4n) is 5.84. The van der Waals surface area contributed by atoms with Crippen LogP contribution in [0.5, 0.6) is 0 Å². The molecule has 0 rings (SSSR count). The van der Waals surface area contributed by atoms with E-state index in [9.17, 15) is 19.0 Å². The van der Waals surface area contributed by atoms with Gasteiger partial charge in [0.15, 0.2) is 6.10 Å². The Balaban J connectivity index is 4.26. The molecule has 0 aromatic heterocycles. The molecule has 0 aliphatic carbocycles. The zero-order chi connectivity index (χ0) is 41.8. The Morgan fingerprint density at radius 3 is 1.40 bits per heavy atom. The van der Waals surface area contributed by atoms with Crippen LogP contribution in [0.1, 0.15) is 181 Å². The van der Waals surface area contributed by atoms with Gasteiger partial charge >= 0.3 is 19.8 Å². The highest BCUT2D eigenvalue weighted by atomic mass is 31.2. The van der Waals surface area contributed by atoms with Crippen molar-refractivity contribution in [2.75, 3.05) is 26.4 Å². The minimum Gasteiger partial charge on any atom is -0.462 e. The highest BCUT2D eigenvalue weighted by Crippen LogP contribution is 2.43. The van der Waals surface area contributed by atoms with E-state index < -0.39 is 32.5 Å². The molecule has 0 aliphatic rings. The number of rotatable bonds is 41. The predicted molar refractivity (Wildman–Crippen MR) is 238 cm³/mol. The Kier molecular flexibility index (Phi) is 41.1. The van der Waals surface area contributed by atoms with Crippen LogP contribution in [-0.4, -0.2) is 49.3 Å². The van der Waals surface area contributed by atoms with Crippen molar-refractivity contribution in [1.29, 1.82) is 0 Å². The lowest BCUT2D eigenvalue weighted by atomic mass is 10.0. The molecule has 0 radical (unpaired) electrons. The standard InChI is InChI=1S/C47H82NO8P/c1-3-5-7-9-11-13-15-17-19-21-22-24-26-28-30-32-34-36-38-40-47(50)56-45(44-55-57(51,52)54-42-41-48)43-53-46(49)39-37-35-33-31-29-27-25-23-20-18-16-14-12-10-8-6-4-2/h5,7,11,13,17,19,22,24,28,30,34,36,45H,3-4,6,8-10,12,14-16,18,20-21,23,25-27,29,31-33,35,37-44,48H2,1-2H3,(H,51,52). The molecule has 0 spiro atoms. The molecule has 57 heavy (non-hydrogen) atoms. The molecule has 0 heterocycles. The first-order chi connectivity index (χ1) is 27.8. The van der Waals surface area contributed by atoms with Gasteiger partial charge in [0.25, 0.3) is 0 Å². The van der Waals surface area contributed by atoms with Gasteiger partial charge in [-0.1, -0.05) is 189 Å². The average Bonchev–Trinajstić information content (AvgIpc) is 3.20. The van der Waals surface area contributed by atoms with E-state index in [1.54, 1.807) is 0 Å². The van der Waals surface area contributed by atoms with E-state index in [1.807, 2.05) is 12.2 Å². The van der Waals surface area contributed by atoms with E-state index in [-0.39, 0.29) is 32.6 Å². The lowest BCUT2D eigenvalue weighted by Gasteiger charge is -2.19. The quantitative estimate of drug-likeness (QED) is 0.0267. The van der Waals surface area contributed by atoms with E-state index in [4.69, 9.17) is 24.3 Å². The molecule has 0 amide bonds. The van der Waals surface area contributed by atoms with Gasteiger partial charge in [-0.15, -0.1) is 0 Å². The molecular formula is C47H82NO8P. The van der Waals surface area contributed by atoms with E-state index in [0.717, 1.165) is 57.8 Å². The number of phosphoric ester groups is 1. The zero-order valence-electron chi connectivity index (χ0n) is 36.0. The molecule has 0 bridgehead atoms. The number of nitrogens with two attached hydrogens (primary N) is 1. The van der Waals surface area contributed by atoms with Crippen LogP contribution in [0.3, 0.4) is 0 Å². The van der Waals surface area contributed by atoms with Crippen molar-refractivity contribution in [3.05, 3.63) is 72.9 Å². The van der Waals surface area contributed by atoms with Gasteiger partial charge in [-0.25, -0.2) is 4.57 Å². The fraction of sp³-hybridized carbons (Fsp3) is 0.702. The molecule has 0 saturated carbocycles. The largest absolute Gasteiger partial charge is 0.472 e. The molecule has 10 heteroatoms. The van der Waals surface area contributed by atoms with Crippen molar-refractivity contribution in [3.63, 3.8) is 0 Å². The molecule has 0 saturated heterocycles. The summed E-state index contributed by atoms with van der Waals surface area (Å²) in [7, 11) is -4.40. The number of ether oxygens (including phenoxy) is 2. The van der Waals surface area contributed by atoms with Gasteiger partial charge in [0.1, 0.15) is 6.61 Å². The van der Waals surface area contributed by atoms with Gasteiger partial charge in [0.2, 0.25) is 0 Å². The third-order valence-corrected chi connectivity index (χ3v) is 10.1. The smallest absolute Gasteiger partial charge is 0.462 e. The van der Waals surface area contributed by atoms with Crippen molar-refractivity contribution < 1.29 is 37.6 Å². The first-order valence-electron chi connectivity index (χ1n) is 22.4. The lowest BCUT2D eigenvalue weighted by Crippen LogP contribution is -2.29. The summed E-state index contributed by atoms with van der Waals surface area (Å²) in [6, 6.07) is 0. The van der Waals surface area contributed by atoms with Gasteiger partial charge in [-0.3, -0.25) is 18.6 Å². The maximum absolute atomic E-state index is 12.6. The highest BCUT2D eigenvalue weighted by Gasteiger charge is 2.25. The molecule has 0 fully saturated rings. The van der Waals surface area contributed by atoms with Crippen LogP contribution in [0.2, 0.25) is 0 Å². The Morgan fingerprint density at radius 1 is 0.544 bits per heavy atom. The second kappa shape index (κ2) is 43.0.